The molecule has 1 atom stereocenters. The zero-order chi connectivity index (χ0) is 22.4. The molecule has 2 heterocycles. The zero-order valence-electron chi connectivity index (χ0n) is 18.6. The summed E-state index contributed by atoms with van der Waals surface area (Å²) in [5.74, 6) is 0.222. The van der Waals surface area contributed by atoms with Gasteiger partial charge in [0.05, 0.1) is 12.9 Å². The standard InChI is InChI=1S/C23H32N4O4/c1-4-5-6-7-14-26(18-8-10-19(31-3)11-9-18)23(30)27-16-20(28)25(2)21(22(27)29)17-12-13-24-15-17/h8,11-13,15,21,24H,4-7,9-10,14,16H2,1-3H3. The first-order chi connectivity index (χ1) is 15.0. The highest BCUT2D eigenvalue weighted by atomic mass is 16.5. The van der Waals surface area contributed by atoms with Gasteiger partial charge in [0.2, 0.25) is 5.91 Å². The number of unbranched alkanes of at least 4 members (excludes halogenated alkanes) is 3. The first-order valence-corrected chi connectivity index (χ1v) is 10.9. The molecule has 1 aromatic rings. The number of amides is 4. The van der Waals surface area contributed by atoms with Gasteiger partial charge in [-0.15, -0.1) is 0 Å². The SMILES string of the molecule is CCCCCCN(C(=O)N1CC(=O)N(C)C(c2cc[nH]c2)C1=O)C1=CCC(OC)=CC1. The van der Waals surface area contributed by atoms with E-state index in [0.29, 0.717) is 24.9 Å². The molecule has 1 aliphatic carbocycles. The summed E-state index contributed by atoms with van der Waals surface area (Å²) in [5, 5.41) is 0. The lowest BCUT2D eigenvalue weighted by Gasteiger charge is -2.39. The van der Waals surface area contributed by atoms with Crippen molar-refractivity contribution in [1.29, 1.82) is 0 Å². The number of carbonyl (C=O) groups excluding carboxylic acids is 3. The highest BCUT2D eigenvalue weighted by molar-refractivity contribution is 6.05. The Morgan fingerprint density at radius 1 is 1.23 bits per heavy atom. The third-order valence-corrected chi connectivity index (χ3v) is 5.90. The number of piperazine rings is 1. The van der Waals surface area contributed by atoms with E-state index in [0.717, 1.165) is 42.0 Å². The molecule has 1 fully saturated rings. The Bertz CT molecular complexity index is 859. The van der Waals surface area contributed by atoms with Gasteiger partial charge in [0, 0.05) is 50.1 Å². The van der Waals surface area contributed by atoms with Gasteiger partial charge in [-0.05, 0) is 18.6 Å². The normalized spacial score (nSPS) is 19.3. The van der Waals surface area contributed by atoms with Crippen LogP contribution in [-0.4, -0.2) is 64.8 Å². The number of H-pyrrole nitrogens is 1. The Labute approximate surface area is 183 Å². The number of urea groups is 1. The van der Waals surface area contributed by atoms with Crippen molar-refractivity contribution in [2.45, 2.75) is 51.5 Å². The quantitative estimate of drug-likeness (QED) is 0.642. The number of nitrogens with one attached hydrogen (secondary N) is 1. The third-order valence-electron chi connectivity index (χ3n) is 5.90. The zero-order valence-corrected chi connectivity index (χ0v) is 18.6. The fourth-order valence-electron chi connectivity index (χ4n) is 4.01. The van der Waals surface area contributed by atoms with Crippen molar-refractivity contribution < 1.29 is 19.1 Å². The van der Waals surface area contributed by atoms with E-state index in [4.69, 9.17) is 4.74 Å². The van der Waals surface area contributed by atoms with Crippen LogP contribution in [0.5, 0.6) is 0 Å². The van der Waals surface area contributed by atoms with E-state index in [9.17, 15) is 14.4 Å². The summed E-state index contributed by atoms with van der Waals surface area (Å²) in [6, 6.07) is 0.520. The Morgan fingerprint density at radius 3 is 2.65 bits per heavy atom. The molecular formula is C23H32N4O4. The molecule has 0 bridgehead atoms. The molecule has 168 valence electrons. The van der Waals surface area contributed by atoms with Gasteiger partial charge in [-0.1, -0.05) is 32.3 Å². The van der Waals surface area contributed by atoms with Gasteiger partial charge in [-0.3, -0.25) is 19.4 Å². The van der Waals surface area contributed by atoms with Gasteiger partial charge in [0.25, 0.3) is 5.91 Å². The lowest BCUT2D eigenvalue weighted by atomic mass is 10.0. The lowest BCUT2D eigenvalue weighted by molar-refractivity contribution is -0.152. The van der Waals surface area contributed by atoms with Crippen LogP contribution in [0.4, 0.5) is 4.79 Å². The molecular weight excluding hydrogens is 396 g/mol. The number of aromatic amines is 1. The molecule has 4 amide bonds. The molecule has 31 heavy (non-hydrogen) atoms. The number of hydrogen-bond acceptors (Lipinski definition) is 4. The maximum atomic E-state index is 13.5. The van der Waals surface area contributed by atoms with Gasteiger partial charge in [0.15, 0.2) is 0 Å². The summed E-state index contributed by atoms with van der Waals surface area (Å²) in [7, 11) is 3.23. The van der Waals surface area contributed by atoms with E-state index in [1.165, 1.54) is 4.90 Å². The summed E-state index contributed by atoms with van der Waals surface area (Å²) >= 11 is 0. The highest BCUT2D eigenvalue weighted by Gasteiger charge is 2.43. The number of carbonyl (C=O) groups is 3. The van der Waals surface area contributed by atoms with Crippen LogP contribution in [0, 0.1) is 0 Å². The average molecular weight is 429 g/mol. The van der Waals surface area contributed by atoms with Crippen molar-refractivity contribution in [3.05, 3.63) is 47.6 Å². The molecule has 0 radical (unpaired) electrons. The van der Waals surface area contributed by atoms with Crippen molar-refractivity contribution in [2.24, 2.45) is 0 Å². The van der Waals surface area contributed by atoms with Crippen LogP contribution >= 0.6 is 0 Å². The summed E-state index contributed by atoms with van der Waals surface area (Å²) in [6.45, 7) is 2.41. The molecule has 0 spiro atoms. The predicted molar refractivity (Wildman–Crippen MR) is 117 cm³/mol. The molecule has 1 unspecified atom stereocenters. The van der Waals surface area contributed by atoms with Crippen molar-refractivity contribution in [1.82, 2.24) is 19.7 Å². The number of imide groups is 1. The van der Waals surface area contributed by atoms with Crippen LogP contribution in [0.1, 0.15) is 57.1 Å². The van der Waals surface area contributed by atoms with Gasteiger partial charge >= 0.3 is 6.03 Å². The van der Waals surface area contributed by atoms with Gasteiger partial charge in [-0.2, -0.15) is 0 Å². The minimum Gasteiger partial charge on any atom is -0.501 e. The molecule has 2 aliphatic rings. The Balaban J connectivity index is 1.82. The summed E-state index contributed by atoms with van der Waals surface area (Å²) in [4.78, 5) is 46.6. The maximum absolute atomic E-state index is 13.5. The van der Waals surface area contributed by atoms with Crippen LogP contribution in [0.2, 0.25) is 0 Å². The molecule has 0 saturated carbocycles. The van der Waals surface area contributed by atoms with Crippen LogP contribution < -0.4 is 0 Å². The van der Waals surface area contributed by atoms with Crippen LogP contribution in [-0.2, 0) is 14.3 Å². The van der Waals surface area contributed by atoms with Gasteiger partial charge in [-0.25, -0.2) is 4.79 Å². The molecule has 1 saturated heterocycles. The Morgan fingerprint density at radius 2 is 2.03 bits per heavy atom. The van der Waals surface area contributed by atoms with Crippen LogP contribution in [0.25, 0.3) is 0 Å². The van der Waals surface area contributed by atoms with E-state index in [1.54, 1.807) is 37.5 Å². The third kappa shape index (κ3) is 5.00. The second-order valence-electron chi connectivity index (χ2n) is 7.95. The Hall–Kier alpha value is -3.03. The molecule has 1 N–H and O–H groups in total. The van der Waals surface area contributed by atoms with Crippen molar-refractivity contribution in [3.63, 3.8) is 0 Å². The molecule has 8 nitrogen and oxygen atoms in total. The number of aromatic nitrogens is 1. The number of allylic oxidation sites excluding steroid dienone is 2. The fourth-order valence-corrected chi connectivity index (χ4v) is 4.01. The number of methoxy groups -OCH3 is 1. The van der Waals surface area contributed by atoms with Crippen LogP contribution in [0.15, 0.2) is 42.1 Å². The molecule has 1 aliphatic heterocycles. The smallest absolute Gasteiger partial charge is 0.331 e. The first kappa shape index (κ1) is 22.7. The molecule has 0 aromatic carbocycles. The van der Waals surface area contributed by atoms with Crippen molar-refractivity contribution >= 4 is 17.8 Å². The number of likely N-dealkylation sites (N-methyl/N-ethyl adjacent to an activating group) is 1. The predicted octanol–water partition coefficient (Wildman–Crippen LogP) is 3.57. The molecule has 3 rings (SSSR count). The number of ether oxygens (including phenoxy) is 1. The van der Waals surface area contributed by atoms with E-state index >= 15 is 0 Å². The minimum absolute atomic E-state index is 0.243. The van der Waals surface area contributed by atoms with Gasteiger partial charge < -0.3 is 14.6 Å². The number of nitrogens with zero attached hydrogens (tertiary/aromatic N) is 3. The average Bonchev–Trinajstić information content (AvgIpc) is 3.31. The first-order valence-electron chi connectivity index (χ1n) is 10.9. The fraction of sp³-hybridized carbons (Fsp3) is 0.522. The lowest BCUT2D eigenvalue weighted by Crippen LogP contribution is -2.58. The van der Waals surface area contributed by atoms with E-state index in [2.05, 4.69) is 11.9 Å². The van der Waals surface area contributed by atoms with Crippen LogP contribution in [0.3, 0.4) is 0 Å². The minimum atomic E-state index is -0.807. The Kier molecular flexibility index (Phi) is 7.55. The molecule has 1 aromatic heterocycles. The van der Waals surface area contributed by atoms with Crippen molar-refractivity contribution in [3.8, 4) is 0 Å². The van der Waals surface area contributed by atoms with E-state index < -0.39 is 12.1 Å². The summed E-state index contributed by atoms with van der Waals surface area (Å²) in [6.07, 6.45) is 12.5. The number of rotatable bonds is 8. The second kappa shape index (κ2) is 10.3. The number of hydrogen-bond donors (Lipinski definition) is 1. The largest absolute Gasteiger partial charge is 0.501 e. The second-order valence-corrected chi connectivity index (χ2v) is 7.95. The van der Waals surface area contributed by atoms with Crippen molar-refractivity contribution in [2.75, 3.05) is 27.2 Å². The summed E-state index contributed by atoms with van der Waals surface area (Å²) < 4.78 is 5.30. The monoisotopic (exact) mass is 428 g/mol. The topological polar surface area (TPSA) is 86.0 Å². The molecule has 8 heteroatoms. The van der Waals surface area contributed by atoms with E-state index in [-0.39, 0.29) is 18.4 Å². The van der Waals surface area contributed by atoms with Gasteiger partial charge in [0.1, 0.15) is 12.6 Å². The highest BCUT2D eigenvalue weighted by Crippen LogP contribution is 2.29. The van der Waals surface area contributed by atoms with E-state index in [1.807, 2.05) is 12.2 Å². The summed E-state index contributed by atoms with van der Waals surface area (Å²) in [5.41, 5.74) is 1.51. The maximum Gasteiger partial charge on any atom is 0.331 e.